The maximum atomic E-state index is 12.9. The number of Topliss-reactive ketones (excluding diaryl/α,β-unsaturated/α-hetero) is 1. The van der Waals surface area contributed by atoms with Crippen molar-refractivity contribution in [3.63, 3.8) is 0 Å². The van der Waals surface area contributed by atoms with Crippen LogP contribution in [0.5, 0.6) is 0 Å². The van der Waals surface area contributed by atoms with Gasteiger partial charge in [0.1, 0.15) is 0 Å². The second kappa shape index (κ2) is 8.69. The lowest BCUT2D eigenvalue weighted by Crippen LogP contribution is -2.30. The van der Waals surface area contributed by atoms with Crippen molar-refractivity contribution in [1.82, 2.24) is 4.72 Å². The van der Waals surface area contributed by atoms with Crippen LogP contribution in [0.3, 0.4) is 0 Å². The van der Waals surface area contributed by atoms with E-state index < -0.39 is 16.1 Å². The van der Waals surface area contributed by atoms with Gasteiger partial charge in [-0.3, -0.25) is 4.79 Å². The largest absolute Gasteiger partial charge is 0.294 e. The number of ketones is 1. The smallest absolute Gasteiger partial charge is 0.241 e. The molecular weight excluding hydrogens is 394 g/mol. The average Bonchev–Trinajstić information content (AvgIpc) is 2.69. The number of carbonyl (C=O) groups is 1. The zero-order chi connectivity index (χ0) is 20.1. The summed E-state index contributed by atoms with van der Waals surface area (Å²) >= 11 is 5.96. The fourth-order valence-electron chi connectivity index (χ4n) is 2.82. The van der Waals surface area contributed by atoms with Gasteiger partial charge in [-0.1, -0.05) is 71.8 Å². The van der Waals surface area contributed by atoms with E-state index in [-0.39, 0.29) is 17.1 Å². The van der Waals surface area contributed by atoms with Crippen molar-refractivity contribution in [2.24, 2.45) is 0 Å². The van der Waals surface area contributed by atoms with Crippen LogP contribution in [0.4, 0.5) is 0 Å². The van der Waals surface area contributed by atoms with Crippen molar-refractivity contribution in [3.05, 3.63) is 101 Å². The third-order valence-corrected chi connectivity index (χ3v) is 6.13. The van der Waals surface area contributed by atoms with Crippen molar-refractivity contribution in [2.75, 3.05) is 0 Å². The Morgan fingerprint density at radius 1 is 0.929 bits per heavy atom. The Kier molecular flexibility index (Phi) is 6.29. The van der Waals surface area contributed by atoms with E-state index in [1.807, 2.05) is 13.0 Å². The molecule has 0 amide bonds. The predicted molar refractivity (Wildman–Crippen MR) is 111 cm³/mol. The van der Waals surface area contributed by atoms with Crippen molar-refractivity contribution in [2.45, 2.75) is 24.3 Å². The van der Waals surface area contributed by atoms with E-state index >= 15 is 0 Å². The van der Waals surface area contributed by atoms with Crippen molar-refractivity contribution < 1.29 is 13.2 Å². The lowest BCUT2D eigenvalue weighted by Gasteiger charge is -2.19. The van der Waals surface area contributed by atoms with Gasteiger partial charge in [-0.2, -0.15) is 0 Å². The van der Waals surface area contributed by atoms with Gasteiger partial charge in [0.15, 0.2) is 5.78 Å². The lowest BCUT2D eigenvalue weighted by atomic mass is 9.99. The van der Waals surface area contributed by atoms with Crippen molar-refractivity contribution in [3.8, 4) is 0 Å². The molecule has 1 atom stereocenters. The molecule has 0 spiro atoms. The molecule has 3 rings (SSSR count). The molecule has 0 aliphatic carbocycles. The van der Waals surface area contributed by atoms with Crippen LogP contribution in [-0.4, -0.2) is 14.2 Å². The number of nitrogens with one attached hydrogen (secondary N) is 1. The Morgan fingerprint density at radius 2 is 1.54 bits per heavy atom. The molecule has 6 heteroatoms. The molecular formula is C22H20ClNO3S. The molecule has 0 radical (unpaired) electrons. The Bertz CT molecular complexity index is 1050. The fraction of sp³-hybridized carbons (Fsp3) is 0.136. The van der Waals surface area contributed by atoms with Crippen LogP contribution in [-0.2, 0) is 10.0 Å². The molecule has 3 aromatic carbocycles. The minimum Gasteiger partial charge on any atom is -0.294 e. The minimum atomic E-state index is -3.80. The molecule has 144 valence electrons. The number of aryl methyl sites for hydroxylation is 1. The molecule has 0 saturated heterocycles. The van der Waals surface area contributed by atoms with E-state index in [0.29, 0.717) is 16.1 Å². The lowest BCUT2D eigenvalue weighted by molar-refractivity contribution is 0.0972. The first-order valence-electron chi connectivity index (χ1n) is 8.78. The fourth-order valence-corrected chi connectivity index (χ4v) is 4.17. The van der Waals surface area contributed by atoms with E-state index in [1.165, 1.54) is 0 Å². The summed E-state index contributed by atoms with van der Waals surface area (Å²) < 4.78 is 28.4. The first-order valence-corrected chi connectivity index (χ1v) is 10.6. The van der Waals surface area contributed by atoms with E-state index in [1.54, 1.807) is 72.8 Å². The van der Waals surface area contributed by atoms with Gasteiger partial charge in [-0.25, -0.2) is 13.1 Å². The number of sulfonamides is 1. The summed E-state index contributed by atoms with van der Waals surface area (Å²) in [5, 5.41) is 0.540. The molecule has 0 aromatic heterocycles. The van der Waals surface area contributed by atoms with Gasteiger partial charge in [-0.05, 0) is 36.8 Å². The van der Waals surface area contributed by atoms with E-state index in [2.05, 4.69) is 4.72 Å². The topological polar surface area (TPSA) is 63.2 Å². The number of hydrogen-bond acceptors (Lipinski definition) is 3. The summed E-state index contributed by atoms with van der Waals surface area (Å²) in [5.41, 5.74) is 2.17. The van der Waals surface area contributed by atoms with Crippen molar-refractivity contribution in [1.29, 1.82) is 0 Å². The van der Waals surface area contributed by atoms with Gasteiger partial charge in [0.2, 0.25) is 10.0 Å². The second-order valence-electron chi connectivity index (χ2n) is 6.53. The number of rotatable bonds is 7. The summed E-state index contributed by atoms with van der Waals surface area (Å²) in [6, 6.07) is 21.5. The molecule has 0 aliphatic rings. The number of benzene rings is 3. The maximum absolute atomic E-state index is 12.9. The second-order valence-corrected chi connectivity index (χ2v) is 8.68. The molecule has 1 unspecified atom stereocenters. The van der Waals surface area contributed by atoms with E-state index in [4.69, 9.17) is 11.6 Å². The number of carbonyl (C=O) groups excluding carboxylic acids is 1. The predicted octanol–water partition coefficient (Wildman–Crippen LogP) is 4.94. The van der Waals surface area contributed by atoms with Crippen LogP contribution >= 0.6 is 11.6 Å². The quantitative estimate of drug-likeness (QED) is 0.558. The van der Waals surface area contributed by atoms with Crippen LogP contribution in [0, 0.1) is 6.92 Å². The highest BCUT2D eigenvalue weighted by Crippen LogP contribution is 2.24. The van der Waals surface area contributed by atoms with Gasteiger partial charge in [-0.15, -0.1) is 0 Å². The monoisotopic (exact) mass is 413 g/mol. The van der Waals surface area contributed by atoms with Gasteiger partial charge >= 0.3 is 0 Å². The molecule has 0 bridgehead atoms. The Labute approximate surface area is 170 Å². The SMILES string of the molecule is Cc1ccc(S(=O)(=O)NC(CC(=O)c2ccccc2)c2ccc(Cl)cc2)cc1. The molecule has 0 fully saturated rings. The molecule has 0 saturated carbocycles. The number of hydrogen-bond donors (Lipinski definition) is 1. The highest BCUT2D eigenvalue weighted by Gasteiger charge is 2.24. The van der Waals surface area contributed by atoms with Gasteiger partial charge in [0.25, 0.3) is 0 Å². The number of halogens is 1. The normalized spacial score (nSPS) is 12.5. The molecule has 1 N–H and O–H groups in total. The van der Waals surface area contributed by atoms with Crippen LogP contribution < -0.4 is 4.72 Å². The van der Waals surface area contributed by atoms with Crippen LogP contribution in [0.1, 0.15) is 33.9 Å². The van der Waals surface area contributed by atoms with Gasteiger partial charge in [0.05, 0.1) is 10.9 Å². The van der Waals surface area contributed by atoms with Gasteiger partial charge in [0, 0.05) is 17.0 Å². The Morgan fingerprint density at radius 3 is 2.14 bits per heavy atom. The third-order valence-electron chi connectivity index (χ3n) is 4.39. The Hall–Kier alpha value is -2.47. The summed E-state index contributed by atoms with van der Waals surface area (Å²) in [4.78, 5) is 12.9. The molecule has 3 aromatic rings. The first-order chi connectivity index (χ1) is 13.3. The van der Waals surface area contributed by atoms with E-state index in [9.17, 15) is 13.2 Å². The summed E-state index contributed by atoms with van der Waals surface area (Å²) in [7, 11) is -3.80. The van der Waals surface area contributed by atoms with Gasteiger partial charge < -0.3 is 0 Å². The van der Waals surface area contributed by atoms with Crippen LogP contribution in [0.25, 0.3) is 0 Å². The third kappa shape index (κ3) is 5.07. The summed E-state index contributed by atoms with van der Waals surface area (Å²) in [6.07, 6.45) is -0.00324. The van der Waals surface area contributed by atoms with Crippen LogP contribution in [0.2, 0.25) is 5.02 Å². The summed E-state index contributed by atoms with van der Waals surface area (Å²) in [6.45, 7) is 1.89. The zero-order valence-corrected chi connectivity index (χ0v) is 16.9. The maximum Gasteiger partial charge on any atom is 0.241 e. The van der Waals surface area contributed by atoms with Crippen LogP contribution in [0.15, 0.2) is 83.8 Å². The summed E-state index contributed by atoms with van der Waals surface area (Å²) in [5.74, 6) is -0.146. The highest BCUT2D eigenvalue weighted by atomic mass is 35.5. The van der Waals surface area contributed by atoms with Crippen molar-refractivity contribution >= 4 is 27.4 Å². The molecule has 0 aliphatic heterocycles. The molecule has 28 heavy (non-hydrogen) atoms. The molecule has 4 nitrogen and oxygen atoms in total. The van der Waals surface area contributed by atoms with E-state index in [0.717, 1.165) is 5.56 Å². The standard InChI is InChI=1S/C22H20ClNO3S/c1-16-7-13-20(14-8-16)28(26,27)24-21(17-9-11-19(23)12-10-17)15-22(25)18-5-3-2-4-6-18/h2-14,21,24H,15H2,1H3. The zero-order valence-electron chi connectivity index (χ0n) is 15.3. The Balaban J connectivity index is 1.90. The highest BCUT2D eigenvalue weighted by molar-refractivity contribution is 7.89. The molecule has 0 heterocycles. The first kappa shape index (κ1) is 20.3. The average molecular weight is 414 g/mol. The minimum absolute atomic E-state index is 0.00324.